The topological polar surface area (TPSA) is 46.3 Å². The molecule has 3 nitrogen and oxygen atoms in total. The van der Waals surface area contributed by atoms with Crippen molar-refractivity contribution in [3.63, 3.8) is 0 Å². The Labute approximate surface area is 129 Å². The average molecular weight is 300 g/mol. The van der Waals surface area contributed by atoms with Crippen molar-refractivity contribution in [3.8, 4) is 0 Å². The molecule has 1 heterocycles. The summed E-state index contributed by atoms with van der Waals surface area (Å²) in [5.41, 5.74) is 9.02. The molecule has 0 atom stereocenters. The van der Waals surface area contributed by atoms with Crippen molar-refractivity contribution >= 4 is 22.9 Å². The number of rotatable bonds is 4. The Bertz CT molecular complexity index is 654. The number of nitrogens with zero attached hydrogens (tertiary/aromatic N) is 1. The fraction of sp³-hybridized carbons (Fsp3) is 0.353. The highest BCUT2D eigenvalue weighted by atomic mass is 32.1. The van der Waals surface area contributed by atoms with Crippen LogP contribution < -0.4 is 5.73 Å². The first-order valence-electron chi connectivity index (χ1n) is 7.27. The molecule has 1 aliphatic rings. The average Bonchev–Trinajstić information content (AvgIpc) is 3.22. The number of nitrogen functional groups attached to an aromatic ring is 1. The fourth-order valence-electron chi connectivity index (χ4n) is 2.50. The summed E-state index contributed by atoms with van der Waals surface area (Å²) in [6.07, 6.45) is 2.22. The van der Waals surface area contributed by atoms with E-state index >= 15 is 0 Å². The maximum Gasteiger partial charge on any atom is 0.264 e. The molecule has 0 aliphatic heterocycles. The molecule has 0 unspecified atom stereocenters. The van der Waals surface area contributed by atoms with E-state index in [1.165, 1.54) is 22.5 Å². The lowest BCUT2D eigenvalue weighted by atomic mass is 10.1. The van der Waals surface area contributed by atoms with E-state index in [9.17, 15) is 4.79 Å². The highest BCUT2D eigenvalue weighted by molar-refractivity contribution is 7.14. The predicted octanol–water partition coefficient (Wildman–Crippen LogP) is 3.75. The van der Waals surface area contributed by atoms with Crippen molar-refractivity contribution in [2.45, 2.75) is 39.3 Å². The standard InChI is InChI=1S/C17H20N2OS/c1-11-4-3-5-13(8-11)10-19(14-6-7-14)17(20)16-9-15(18)12(2)21-16/h3-5,8-9,14H,6-7,10,18H2,1-2H3. The number of thiophene rings is 1. The maximum atomic E-state index is 12.8. The normalized spacial score (nSPS) is 14.2. The van der Waals surface area contributed by atoms with Crippen LogP contribution in [-0.2, 0) is 6.54 Å². The summed E-state index contributed by atoms with van der Waals surface area (Å²) < 4.78 is 0. The van der Waals surface area contributed by atoms with E-state index in [1.807, 2.05) is 24.0 Å². The second kappa shape index (κ2) is 5.53. The minimum atomic E-state index is 0.115. The molecule has 1 aromatic heterocycles. The van der Waals surface area contributed by atoms with Crippen LogP contribution >= 0.6 is 11.3 Å². The monoisotopic (exact) mass is 300 g/mol. The third-order valence-corrected chi connectivity index (χ3v) is 4.91. The highest BCUT2D eigenvalue weighted by Crippen LogP contribution is 2.32. The van der Waals surface area contributed by atoms with Gasteiger partial charge in [-0.05, 0) is 38.3 Å². The van der Waals surface area contributed by atoms with Crippen LogP contribution in [-0.4, -0.2) is 16.8 Å². The van der Waals surface area contributed by atoms with E-state index in [-0.39, 0.29) is 5.91 Å². The van der Waals surface area contributed by atoms with Crippen molar-refractivity contribution in [3.05, 3.63) is 51.2 Å². The van der Waals surface area contributed by atoms with Gasteiger partial charge in [0.15, 0.2) is 0 Å². The SMILES string of the molecule is Cc1cccc(CN(C(=O)c2cc(N)c(C)s2)C2CC2)c1. The first-order chi connectivity index (χ1) is 10.0. The van der Waals surface area contributed by atoms with Gasteiger partial charge in [-0.3, -0.25) is 4.79 Å². The van der Waals surface area contributed by atoms with Crippen LogP contribution in [0.5, 0.6) is 0 Å². The first-order valence-corrected chi connectivity index (χ1v) is 8.08. The Morgan fingerprint density at radius 3 is 2.67 bits per heavy atom. The minimum Gasteiger partial charge on any atom is -0.398 e. The van der Waals surface area contributed by atoms with E-state index in [2.05, 4.69) is 25.1 Å². The first kappa shape index (κ1) is 14.1. The highest BCUT2D eigenvalue weighted by Gasteiger charge is 2.33. The minimum absolute atomic E-state index is 0.115. The van der Waals surface area contributed by atoms with Crippen LogP contribution in [0.15, 0.2) is 30.3 Å². The molecule has 1 aromatic carbocycles. The Balaban J connectivity index is 1.83. The van der Waals surface area contributed by atoms with Gasteiger partial charge in [0.25, 0.3) is 5.91 Å². The lowest BCUT2D eigenvalue weighted by molar-refractivity contribution is 0.0735. The summed E-state index contributed by atoms with van der Waals surface area (Å²) in [6.45, 7) is 4.72. The van der Waals surface area contributed by atoms with Gasteiger partial charge >= 0.3 is 0 Å². The number of benzene rings is 1. The van der Waals surface area contributed by atoms with Crippen molar-refractivity contribution in [2.75, 3.05) is 5.73 Å². The van der Waals surface area contributed by atoms with Gasteiger partial charge in [-0.15, -0.1) is 11.3 Å². The molecule has 21 heavy (non-hydrogen) atoms. The van der Waals surface area contributed by atoms with E-state index in [1.54, 1.807) is 0 Å². The van der Waals surface area contributed by atoms with Gasteiger partial charge in [0.1, 0.15) is 0 Å². The summed E-state index contributed by atoms with van der Waals surface area (Å²) in [4.78, 5) is 16.5. The fourth-order valence-corrected chi connectivity index (χ4v) is 3.40. The summed E-state index contributed by atoms with van der Waals surface area (Å²) in [7, 11) is 0. The molecule has 0 bridgehead atoms. The van der Waals surface area contributed by atoms with Crippen LogP contribution in [0.4, 0.5) is 5.69 Å². The zero-order chi connectivity index (χ0) is 15.0. The van der Waals surface area contributed by atoms with Crippen molar-refractivity contribution < 1.29 is 4.79 Å². The molecule has 2 N–H and O–H groups in total. The Morgan fingerprint density at radius 2 is 2.10 bits per heavy atom. The number of nitrogens with two attached hydrogens (primary N) is 1. The Morgan fingerprint density at radius 1 is 1.33 bits per heavy atom. The smallest absolute Gasteiger partial charge is 0.264 e. The van der Waals surface area contributed by atoms with Crippen LogP contribution in [0.25, 0.3) is 0 Å². The molecule has 1 aliphatic carbocycles. The molecule has 1 saturated carbocycles. The van der Waals surface area contributed by atoms with E-state index in [0.717, 1.165) is 28.3 Å². The van der Waals surface area contributed by atoms with E-state index in [4.69, 9.17) is 5.73 Å². The van der Waals surface area contributed by atoms with Crippen molar-refractivity contribution in [2.24, 2.45) is 0 Å². The molecule has 1 amide bonds. The van der Waals surface area contributed by atoms with Crippen molar-refractivity contribution in [1.29, 1.82) is 0 Å². The molecule has 4 heteroatoms. The molecule has 110 valence electrons. The van der Waals surface area contributed by atoms with Gasteiger partial charge in [-0.2, -0.15) is 0 Å². The zero-order valence-electron chi connectivity index (χ0n) is 12.4. The number of hydrogen-bond acceptors (Lipinski definition) is 3. The molecule has 2 aromatic rings. The third-order valence-electron chi connectivity index (χ3n) is 3.85. The van der Waals surface area contributed by atoms with E-state index < -0.39 is 0 Å². The number of anilines is 1. The quantitative estimate of drug-likeness (QED) is 0.934. The summed E-state index contributed by atoms with van der Waals surface area (Å²) >= 11 is 1.49. The van der Waals surface area contributed by atoms with Crippen LogP contribution in [0.2, 0.25) is 0 Å². The molecule has 0 saturated heterocycles. The Kier molecular flexibility index (Phi) is 3.72. The van der Waals surface area contributed by atoms with Gasteiger partial charge < -0.3 is 10.6 Å². The number of amides is 1. The van der Waals surface area contributed by atoms with Gasteiger partial charge in [-0.1, -0.05) is 29.8 Å². The number of aryl methyl sites for hydroxylation is 2. The summed E-state index contributed by atoms with van der Waals surface area (Å²) in [5.74, 6) is 0.115. The maximum absolute atomic E-state index is 12.8. The molecular weight excluding hydrogens is 280 g/mol. The predicted molar refractivity (Wildman–Crippen MR) is 87.5 cm³/mol. The molecular formula is C17H20N2OS. The van der Waals surface area contributed by atoms with E-state index in [0.29, 0.717) is 12.6 Å². The zero-order valence-corrected chi connectivity index (χ0v) is 13.2. The van der Waals surface area contributed by atoms with Gasteiger partial charge in [0, 0.05) is 23.2 Å². The molecule has 3 rings (SSSR count). The van der Waals surface area contributed by atoms with Crippen molar-refractivity contribution in [1.82, 2.24) is 4.90 Å². The van der Waals surface area contributed by atoms with Gasteiger partial charge in [0.05, 0.1) is 4.88 Å². The molecule has 0 spiro atoms. The lowest BCUT2D eigenvalue weighted by Gasteiger charge is -2.22. The lowest BCUT2D eigenvalue weighted by Crippen LogP contribution is -2.32. The van der Waals surface area contributed by atoms with Gasteiger partial charge in [0.2, 0.25) is 0 Å². The van der Waals surface area contributed by atoms with Gasteiger partial charge in [-0.25, -0.2) is 0 Å². The second-order valence-corrected chi connectivity index (χ2v) is 7.03. The Hall–Kier alpha value is -1.81. The van der Waals surface area contributed by atoms with Crippen LogP contribution in [0.1, 0.15) is 38.5 Å². The number of carbonyl (C=O) groups is 1. The summed E-state index contributed by atoms with van der Waals surface area (Å²) in [5, 5.41) is 0. The second-order valence-electron chi connectivity index (χ2n) is 5.78. The van der Waals surface area contributed by atoms with Crippen LogP contribution in [0.3, 0.4) is 0 Å². The number of hydrogen-bond donors (Lipinski definition) is 1. The number of carbonyl (C=O) groups excluding carboxylic acids is 1. The van der Waals surface area contributed by atoms with Crippen LogP contribution in [0, 0.1) is 13.8 Å². The molecule has 1 fully saturated rings. The largest absolute Gasteiger partial charge is 0.398 e. The molecule has 0 radical (unpaired) electrons. The summed E-state index contributed by atoms with van der Waals surface area (Å²) in [6, 6.07) is 10.6. The third kappa shape index (κ3) is 3.10.